The van der Waals surface area contributed by atoms with E-state index < -0.39 is 6.09 Å². The highest BCUT2D eigenvalue weighted by Gasteiger charge is 2.23. The van der Waals surface area contributed by atoms with Gasteiger partial charge >= 0.3 is 6.09 Å². The van der Waals surface area contributed by atoms with Crippen LogP contribution in [-0.2, 0) is 22.6 Å². The molecule has 1 saturated heterocycles. The third kappa shape index (κ3) is 9.17. The van der Waals surface area contributed by atoms with Crippen molar-refractivity contribution in [1.29, 1.82) is 0 Å². The highest BCUT2D eigenvalue weighted by Crippen LogP contribution is 2.28. The van der Waals surface area contributed by atoms with Crippen molar-refractivity contribution < 1.29 is 19.1 Å². The van der Waals surface area contributed by atoms with E-state index in [1.807, 2.05) is 103 Å². The molecule has 0 saturated carbocycles. The number of likely N-dealkylation sites (tertiary alicyclic amines) is 1. The van der Waals surface area contributed by atoms with Crippen molar-refractivity contribution >= 4 is 23.4 Å². The van der Waals surface area contributed by atoms with E-state index in [1.165, 1.54) is 5.56 Å². The Kier molecular flexibility index (Phi) is 11.0. The van der Waals surface area contributed by atoms with Crippen molar-refractivity contribution in [2.75, 3.05) is 37.4 Å². The summed E-state index contributed by atoms with van der Waals surface area (Å²) in [4.78, 5) is 27.5. The van der Waals surface area contributed by atoms with Crippen molar-refractivity contribution in [1.82, 2.24) is 10.2 Å². The van der Waals surface area contributed by atoms with Gasteiger partial charge in [-0.05, 0) is 59.9 Å². The number of hydrogen-bond acceptors (Lipinski definition) is 6. The summed E-state index contributed by atoms with van der Waals surface area (Å²) in [6, 6.07) is 33.6. The first-order chi connectivity index (χ1) is 21.6. The van der Waals surface area contributed by atoms with Crippen molar-refractivity contribution in [2.24, 2.45) is 0 Å². The molecule has 1 aliphatic heterocycles. The number of amides is 2. The lowest BCUT2D eigenvalue weighted by Gasteiger charge is -2.31. The quantitative estimate of drug-likeness (QED) is 0.170. The number of carbonyl (C=O) groups is 2. The number of ether oxygens (including phenoxy) is 2. The van der Waals surface area contributed by atoms with Gasteiger partial charge < -0.3 is 25.0 Å². The van der Waals surface area contributed by atoms with Crippen LogP contribution in [0.4, 0.5) is 16.2 Å². The van der Waals surface area contributed by atoms with Gasteiger partial charge in [0.2, 0.25) is 5.91 Å². The molecule has 0 bridgehead atoms. The zero-order valence-corrected chi connectivity index (χ0v) is 25.1. The predicted octanol–water partition coefficient (Wildman–Crippen LogP) is 6.69. The molecule has 4 aromatic carbocycles. The summed E-state index contributed by atoms with van der Waals surface area (Å²) in [5.41, 5.74) is 5.84. The van der Waals surface area contributed by atoms with Gasteiger partial charge in [-0.15, -0.1) is 0 Å². The second-order valence-corrected chi connectivity index (χ2v) is 10.9. The lowest BCUT2D eigenvalue weighted by atomic mass is 10.0. The Bertz CT molecular complexity index is 1490. The Balaban J connectivity index is 0.977. The summed E-state index contributed by atoms with van der Waals surface area (Å²) < 4.78 is 10.9. The maximum atomic E-state index is 12.7. The number of hydrogen-bond donors (Lipinski definition) is 3. The molecule has 0 aliphatic carbocycles. The Labute approximate surface area is 259 Å². The van der Waals surface area contributed by atoms with Crippen LogP contribution in [0.1, 0.15) is 30.4 Å². The van der Waals surface area contributed by atoms with Gasteiger partial charge in [-0.2, -0.15) is 0 Å². The van der Waals surface area contributed by atoms with Crippen LogP contribution in [0.2, 0.25) is 0 Å². The molecule has 1 aliphatic rings. The van der Waals surface area contributed by atoms with E-state index in [0.717, 1.165) is 72.8 Å². The predicted molar refractivity (Wildman–Crippen MR) is 175 cm³/mol. The Morgan fingerprint density at radius 2 is 1.41 bits per heavy atom. The molecule has 0 aromatic heterocycles. The first-order valence-corrected chi connectivity index (χ1v) is 15.1. The molecule has 8 heteroatoms. The fourth-order valence-corrected chi connectivity index (χ4v) is 5.29. The molecule has 5 rings (SSSR count). The van der Waals surface area contributed by atoms with Gasteiger partial charge in [0, 0.05) is 50.4 Å². The number of para-hydroxylation sites is 1. The van der Waals surface area contributed by atoms with Crippen LogP contribution in [0, 0.1) is 0 Å². The SMILES string of the molecule is COc1ccc(CNCc2ccc(NC(=O)CCN3CCC(OC(=O)Nc4ccccc4-c4ccccc4)CC3)cc2)cc1. The van der Waals surface area contributed by atoms with E-state index >= 15 is 0 Å². The Morgan fingerprint density at radius 3 is 2.09 bits per heavy atom. The fourth-order valence-electron chi connectivity index (χ4n) is 5.29. The van der Waals surface area contributed by atoms with Crippen molar-refractivity contribution in [3.63, 3.8) is 0 Å². The maximum absolute atomic E-state index is 12.7. The average Bonchev–Trinajstić information content (AvgIpc) is 3.06. The normalized spacial score (nSPS) is 13.7. The Hall–Kier alpha value is -4.66. The van der Waals surface area contributed by atoms with E-state index in [1.54, 1.807) is 7.11 Å². The fraction of sp³-hybridized carbons (Fsp3) is 0.278. The first-order valence-electron chi connectivity index (χ1n) is 15.1. The van der Waals surface area contributed by atoms with Crippen LogP contribution in [0.15, 0.2) is 103 Å². The molecule has 44 heavy (non-hydrogen) atoms. The van der Waals surface area contributed by atoms with Gasteiger partial charge in [-0.25, -0.2) is 4.79 Å². The van der Waals surface area contributed by atoms with Crippen LogP contribution in [-0.4, -0.2) is 49.7 Å². The molecule has 0 radical (unpaired) electrons. The summed E-state index contributed by atoms with van der Waals surface area (Å²) >= 11 is 0. The molecule has 0 unspecified atom stereocenters. The topological polar surface area (TPSA) is 91.9 Å². The molecule has 3 N–H and O–H groups in total. The van der Waals surface area contributed by atoms with Gasteiger partial charge in [0.15, 0.2) is 0 Å². The smallest absolute Gasteiger partial charge is 0.411 e. The summed E-state index contributed by atoms with van der Waals surface area (Å²) in [6.07, 6.45) is 1.30. The first kappa shape index (κ1) is 30.8. The van der Waals surface area contributed by atoms with Crippen molar-refractivity contribution in [3.8, 4) is 16.9 Å². The number of rotatable bonds is 12. The Morgan fingerprint density at radius 1 is 0.773 bits per heavy atom. The van der Waals surface area contributed by atoms with Gasteiger partial charge in [-0.1, -0.05) is 72.8 Å². The summed E-state index contributed by atoms with van der Waals surface area (Å²) in [5, 5.41) is 9.36. The molecule has 1 heterocycles. The average molecular weight is 593 g/mol. The number of anilines is 2. The zero-order valence-electron chi connectivity index (χ0n) is 25.1. The standard InChI is InChI=1S/C36H40N4O4/c1-43-31-17-13-28(14-18-31)26-37-25-27-11-15-30(16-12-27)38-35(41)21-24-40-22-19-32(20-23-40)44-36(42)39-34-10-6-5-9-33(34)29-7-3-2-4-8-29/h2-18,32,37H,19-26H2,1H3,(H,38,41)(H,39,42). The van der Waals surface area contributed by atoms with Crippen LogP contribution >= 0.6 is 0 Å². The second-order valence-electron chi connectivity index (χ2n) is 10.9. The van der Waals surface area contributed by atoms with E-state index in [4.69, 9.17) is 9.47 Å². The minimum Gasteiger partial charge on any atom is -0.497 e. The molecular weight excluding hydrogens is 552 g/mol. The van der Waals surface area contributed by atoms with Gasteiger partial charge in [0.25, 0.3) is 0 Å². The lowest BCUT2D eigenvalue weighted by molar-refractivity contribution is -0.116. The summed E-state index contributed by atoms with van der Waals surface area (Å²) in [5.74, 6) is 0.842. The molecule has 1 fully saturated rings. The molecule has 0 spiro atoms. The monoisotopic (exact) mass is 592 g/mol. The number of methoxy groups -OCH3 is 1. The lowest BCUT2D eigenvalue weighted by Crippen LogP contribution is -2.39. The number of carbonyl (C=O) groups excluding carboxylic acids is 2. The maximum Gasteiger partial charge on any atom is 0.411 e. The number of piperidine rings is 1. The zero-order chi connectivity index (χ0) is 30.6. The molecule has 8 nitrogen and oxygen atoms in total. The largest absolute Gasteiger partial charge is 0.497 e. The second kappa shape index (κ2) is 15.7. The van der Waals surface area contributed by atoms with Crippen LogP contribution in [0.3, 0.4) is 0 Å². The minimum atomic E-state index is -0.440. The van der Waals surface area contributed by atoms with Gasteiger partial charge in [0.1, 0.15) is 11.9 Å². The van der Waals surface area contributed by atoms with E-state index in [2.05, 4.69) is 20.9 Å². The third-order valence-electron chi connectivity index (χ3n) is 7.77. The minimum absolute atomic E-state index is 0.00906. The van der Waals surface area contributed by atoms with Gasteiger partial charge in [0.05, 0.1) is 12.8 Å². The van der Waals surface area contributed by atoms with Crippen LogP contribution in [0.5, 0.6) is 5.75 Å². The molecule has 4 aromatic rings. The number of benzene rings is 4. The van der Waals surface area contributed by atoms with E-state index in [9.17, 15) is 9.59 Å². The molecular formula is C36H40N4O4. The number of nitrogens with zero attached hydrogens (tertiary/aromatic N) is 1. The molecule has 2 amide bonds. The van der Waals surface area contributed by atoms with Crippen LogP contribution in [0.25, 0.3) is 11.1 Å². The van der Waals surface area contributed by atoms with Crippen molar-refractivity contribution in [3.05, 3.63) is 114 Å². The highest BCUT2D eigenvalue weighted by molar-refractivity contribution is 5.92. The molecule has 228 valence electrons. The third-order valence-corrected chi connectivity index (χ3v) is 7.77. The van der Waals surface area contributed by atoms with Crippen LogP contribution < -0.4 is 20.7 Å². The number of nitrogens with one attached hydrogen (secondary N) is 3. The summed E-state index contributed by atoms with van der Waals surface area (Å²) in [6.45, 7) is 3.74. The summed E-state index contributed by atoms with van der Waals surface area (Å²) in [7, 11) is 1.66. The van der Waals surface area contributed by atoms with Gasteiger partial charge in [-0.3, -0.25) is 10.1 Å². The van der Waals surface area contributed by atoms with Crippen molar-refractivity contribution in [2.45, 2.75) is 38.5 Å². The van der Waals surface area contributed by atoms with E-state index in [0.29, 0.717) is 13.0 Å². The van der Waals surface area contributed by atoms with E-state index in [-0.39, 0.29) is 12.0 Å². The highest BCUT2D eigenvalue weighted by atomic mass is 16.6. The molecule has 0 atom stereocenters.